The molecular formula is C15H22N4O3S. The molecule has 0 aromatic heterocycles. The molecule has 2 rings (SSSR count). The van der Waals surface area contributed by atoms with E-state index in [-0.39, 0.29) is 17.8 Å². The highest BCUT2D eigenvalue weighted by Crippen LogP contribution is 2.27. The van der Waals surface area contributed by atoms with Gasteiger partial charge < -0.3 is 16.0 Å². The molecule has 0 saturated carbocycles. The predicted molar refractivity (Wildman–Crippen MR) is 90.3 cm³/mol. The number of carbonyl (C=O) groups is 1. The van der Waals surface area contributed by atoms with Crippen molar-refractivity contribution in [2.75, 3.05) is 11.6 Å². The summed E-state index contributed by atoms with van der Waals surface area (Å²) in [6.07, 6.45) is 1.72. The number of anilines is 1. The first-order valence-corrected chi connectivity index (χ1v) is 9.28. The molecule has 2 unspecified atom stereocenters. The highest BCUT2D eigenvalue weighted by Gasteiger charge is 2.35. The van der Waals surface area contributed by atoms with Crippen LogP contribution in [0.3, 0.4) is 0 Å². The van der Waals surface area contributed by atoms with E-state index in [2.05, 4.69) is 9.71 Å². The van der Waals surface area contributed by atoms with Crippen LogP contribution in [0.1, 0.15) is 25.8 Å². The summed E-state index contributed by atoms with van der Waals surface area (Å²) in [5.41, 5.74) is 7.49. The maximum Gasteiger partial charge on any atom is 0.253 e. The third-order valence-corrected chi connectivity index (χ3v) is 4.48. The van der Waals surface area contributed by atoms with Crippen LogP contribution in [0.4, 0.5) is 5.69 Å². The Hall–Kier alpha value is -2.09. The molecule has 1 aliphatic heterocycles. The first kappa shape index (κ1) is 17.3. The molecule has 0 fully saturated rings. The molecule has 0 spiro atoms. The first-order chi connectivity index (χ1) is 10.7. The van der Waals surface area contributed by atoms with Crippen molar-refractivity contribution in [3.63, 3.8) is 0 Å². The van der Waals surface area contributed by atoms with Gasteiger partial charge >= 0.3 is 0 Å². The van der Waals surface area contributed by atoms with Crippen molar-refractivity contribution >= 4 is 27.6 Å². The van der Waals surface area contributed by atoms with Crippen LogP contribution in [0, 0.1) is 5.92 Å². The number of nitrogens with two attached hydrogens (primary N) is 1. The number of carbonyl (C=O) groups excluding carboxylic acids is 1. The van der Waals surface area contributed by atoms with Crippen LogP contribution in [-0.4, -0.2) is 37.5 Å². The van der Waals surface area contributed by atoms with Gasteiger partial charge in [-0.05, 0) is 17.5 Å². The zero-order chi connectivity index (χ0) is 17.2. The molecule has 2 atom stereocenters. The molecule has 1 heterocycles. The number of sulfonamides is 1. The molecular weight excluding hydrogens is 316 g/mol. The summed E-state index contributed by atoms with van der Waals surface area (Å²) in [6.45, 7) is 4.22. The van der Waals surface area contributed by atoms with Gasteiger partial charge in [0.25, 0.3) is 10.0 Å². The highest BCUT2D eigenvalue weighted by atomic mass is 32.2. The van der Waals surface area contributed by atoms with Crippen LogP contribution in [0.25, 0.3) is 0 Å². The predicted octanol–water partition coefficient (Wildman–Crippen LogP) is 1.13. The third kappa shape index (κ3) is 4.01. The van der Waals surface area contributed by atoms with Gasteiger partial charge in [-0.2, -0.15) is 0 Å². The van der Waals surface area contributed by atoms with E-state index in [0.29, 0.717) is 12.2 Å². The number of rotatable bonds is 3. The van der Waals surface area contributed by atoms with Crippen molar-refractivity contribution in [1.29, 1.82) is 0 Å². The number of fused-ring (bicyclic) bond motifs is 1. The van der Waals surface area contributed by atoms with Crippen molar-refractivity contribution in [3.05, 3.63) is 29.8 Å². The summed E-state index contributed by atoms with van der Waals surface area (Å²) in [5, 5.41) is 2.89. The minimum Gasteiger partial charge on any atom is -0.369 e. The van der Waals surface area contributed by atoms with Gasteiger partial charge in [0, 0.05) is 12.2 Å². The summed E-state index contributed by atoms with van der Waals surface area (Å²) in [4.78, 5) is 14.2. The van der Waals surface area contributed by atoms with E-state index >= 15 is 0 Å². The Morgan fingerprint density at radius 3 is 2.74 bits per heavy atom. The van der Waals surface area contributed by atoms with Gasteiger partial charge in [0.2, 0.25) is 11.9 Å². The number of amides is 1. The Kier molecular flexibility index (Phi) is 4.93. The summed E-state index contributed by atoms with van der Waals surface area (Å²) in [7, 11) is -3.65. The first-order valence-electron chi connectivity index (χ1n) is 7.43. The van der Waals surface area contributed by atoms with Gasteiger partial charge in [-0.25, -0.2) is 8.42 Å². The Morgan fingerprint density at radius 1 is 1.48 bits per heavy atom. The average molecular weight is 338 g/mol. The van der Waals surface area contributed by atoms with E-state index in [4.69, 9.17) is 5.73 Å². The van der Waals surface area contributed by atoms with Crippen LogP contribution in [0.5, 0.6) is 0 Å². The topological polar surface area (TPSA) is 105 Å². The average Bonchev–Trinajstić information content (AvgIpc) is 2.60. The van der Waals surface area contributed by atoms with E-state index in [1.54, 1.807) is 4.90 Å². The molecule has 7 nitrogen and oxygen atoms in total. The van der Waals surface area contributed by atoms with Gasteiger partial charge in [-0.1, -0.05) is 38.5 Å². The second-order valence-corrected chi connectivity index (χ2v) is 7.44. The molecule has 1 aromatic rings. The molecule has 8 heteroatoms. The lowest BCUT2D eigenvalue weighted by Crippen LogP contribution is -2.51. The van der Waals surface area contributed by atoms with Crippen molar-refractivity contribution < 1.29 is 13.2 Å². The van der Waals surface area contributed by atoms with E-state index in [1.807, 2.05) is 38.1 Å². The second-order valence-electron chi connectivity index (χ2n) is 5.79. The smallest absolute Gasteiger partial charge is 0.253 e. The van der Waals surface area contributed by atoms with E-state index in [0.717, 1.165) is 18.2 Å². The van der Waals surface area contributed by atoms with Gasteiger partial charge in [0.05, 0.1) is 6.26 Å². The maximum atomic E-state index is 12.6. The van der Waals surface area contributed by atoms with Crippen LogP contribution in [0.15, 0.2) is 28.7 Å². The standard InChI is InChI=1S/C15H22N4O3S/c1-4-10(2)13-14(20)17-12-8-6-5-7-11(12)9-19(13)15(16)18-23(3,21)22/h5-8,10,13H,4,9H2,1-3H3,(H2,16,18)(H,17,20). The van der Waals surface area contributed by atoms with Crippen LogP contribution >= 0.6 is 0 Å². The number of para-hydroxylation sites is 1. The number of nitrogens with one attached hydrogen (secondary N) is 1. The fourth-order valence-electron chi connectivity index (χ4n) is 2.64. The van der Waals surface area contributed by atoms with E-state index in [1.165, 1.54) is 0 Å². The second kappa shape index (κ2) is 6.57. The molecule has 1 aliphatic rings. The number of guanidine groups is 1. The Bertz CT molecular complexity index is 730. The third-order valence-electron chi connectivity index (χ3n) is 3.96. The van der Waals surface area contributed by atoms with Gasteiger partial charge in [-0.3, -0.25) is 4.79 Å². The Balaban J connectivity index is 2.52. The van der Waals surface area contributed by atoms with Crippen LogP contribution < -0.4 is 11.1 Å². The summed E-state index contributed by atoms with van der Waals surface area (Å²) < 4.78 is 26.5. The van der Waals surface area contributed by atoms with Crippen molar-refractivity contribution in [2.45, 2.75) is 32.9 Å². The van der Waals surface area contributed by atoms with Crippen LogP contribution in [0.2, 0.25) is 0 Å². The normalized spacial score (nSPS) is 20.5. The number of nitrogens with zero attached hydrogens (tertiary/aromatic N) is 2. The molecule has 23 heavy (non-hydrogen) atoms. The van der Waals surface area contributed by atoms with Crippen LogP contribution in [-0.2, 0) is 21.4 Å². The SMILES string of the molecule is CCC(C)C1C(=O)Nc2ccccc2CN1C(N)=NS(C)(=O)=O. The summed E-state index contributed by atoms with van der Waals surface area (Å²) >= 11 is 0. The Labute approximate surface area is 136 Å². The molecule has 0 saturated heterocycles. The molecule has 0 aliphatic carbocycles. The van der Waals surface area contributed by atoms with Crippen molar-refractivity contribution in [3.8, 4) is 0 Å². The van der Waals surface area contributed by atoms with Crippen molar-refractivity contribution in [2.24, 2.45) is 16.0 Å². The lowest BCUT2D eigenvalue weighted by molar-refractivity contribution is -0.121. The molecule has 126 valence electrons. The number of hydrogen-bond acceptors (Lipinski definition) is 3. The lowest BCUT2D eigenvalue weighted by Gasteiger charge is -2.32. The van der Waals surface area contributed by atoms with Gasteiger partial charge in [0.1, 0.15) is 6.04 Å². The number of benzene rings is 1. The molecule has 0 bridgehead atoms. The van der Waals surface area contributed by atoms with E-state index < -0.39 is 16.1 Å². The number of hydrogen-bond donors (Lipinski definition) is 2. The maximum absolute atomic E-state index is 12.6. The highest BCUT2D eigenvalue weighted by molar-refractivity contribution is 7.89. The largest absolute Gasteiger partial charge is 0.369 e. The Morgan fingerprint density at radius 2 is 2.13 bits per heavy atom. The zero-order valence-electron chi connectivity index (χ0n) is 13.5. The van der Waals surface area contributed by atoms with Gasteiger partial charge in [-0.15, -0.1) is 4.40 Å². The minimum atomic E-state index is -3.65. The summed E-state index contributed by atoms with van der Waals surface area (Å²) in [5.74, 6) is -0.391. The van der Waals surface area contributed by atoms with Crippen molar-refractivity contribution in [1.82, 2.24) is 4.90 Å². The molecule has 3 N–H and O–H groups in total. The molecule has 0 radical (unpaired) electrons. The fraction of sp³-hybridized carbons (Fsp3) is 0.467. The van der Waals surface area contributed by atoms with Gasteiger partial charge in [0.15, 0.2) is 0 Å². The molecule has 1 amide bonds. The van der Waals surface area contributed by atoms with E-state index in [9.17, 15) is 13.2 Å². The summed E-state index contributed by atoms with van der Waals surface area (Å²) in [6, 6.07) is 6.79. The minimum absolute atomic E-state index is 0.0161. The fourth-order valence-corrected chi connectivity index (χ4v) is 3.09. The zero-order valence-corrected chi connectivity index (χ0v) is 14.3. The lowest BCUT2D eigenvalue weighted by atomic mass is 9.97. The quantitative estimate of drug-likeness (QED) is 0.635. The molecule has 1 aromatic carbocycles. The monoisotopic (exact) mass is 338 g/mol.